The van der Waals surface area contributed by atoms with E-state index in [0.717, 1.165) is 21.7 Å². The van der Waals surface area contributed by atoms with Crippen LogP contribution in [0.25, 0.3) is 10.4 Å². The van der Waals surface area contributed by atoms with Crippen molar-refractivity contribution in [1.82, 2.24) is 20.5 Å². The molecule has 13 heteroatoms. The first-order valence-electron chi connectivity index (χ1n) is 16.0. The number of rotatable bonds is 15. The fourth-order valence-corrected chi connectivity index (χ4v) is 6.17. The molecule has 48 heavy (non-hydrogen) atoms. The van der Waals surface area contributed by atoms with Crippen LogP contribution in [0.4, 0.5) is 0 Å². The Morgan fingerprint density at radius 3 is 2.38 bits per heavy atom. The molecule has 3 atom stereocenters. The van der Waals surface area contributed by atoms with E-state index in [0.29, 0.717) is 37.4 Å². The van der Waals surface area contributed by atoms with Crippen molar-refractivity contribution in [2.75, 3.05) is 26.4 Å². The van der Waals surface area contributed by atoms with Gasteiger partial charge in [-0.3, -0.25) is 19.2 Å². The lowest BCUT2D eigenvalue weighted by Crippen LogP contribution is -2.58. The van der Waals surface area contributed by atoms with Crippen LogP contribution in [-0.2, 0) is 25.7 Å². The van der Waals surface area contributed by atoms with E-state index < -0.39 is 41.3 Å². The van der Waals surface area contributed by atoms with Crippen molar-refractivity contribution in [3.8, 4) is 16.2 Å². The first-order valence-corrected chi connectivity index (χ1v) is 16.9. The molecule has 3 aromatic rings. The molecule has 0 spiro atoms. The number of primary amides is 1. The van der Waals surface area contributed by atoms with Gasteiger partial charge in [0, 0.05) is 31.7 Å². The van der Waals surface area contributed by atoms with E-state index in [1.54, 1.807) is 35.6 Å². The summed E-state index contributed by atoms with van der Waals surface area (Å²) in [5, 5.41) is 16.2. The predicted molar refractivity (Wildman–Crippen MR) is 182 cm³/mol. The number of benzene rings is 2. The summed E-state index contributed by atoms with van der Waals surface area (Å²) in [6.07, 6.45) is 0.579. The first kappa shape index (κ1) is 36.5. The lowest BCUT2D eigenvalue weighted by Gasteiger charge is -2.35. The van der Waals surface area contributed by atoms with Crippen molar-refractivity contribution in [2.45, 2.75) is 71.7 Å². The Kier molecular flexibility index (Phi) is 12.7. The minimum Gasteiger partial charge on any atom is -0.494 e. The lowest BCUT2D eigenvalue weighted by atomic mass is 9.85. The molecule has 2 aromatic carbocycles. The number of β-amino-alcohol motifs (C(OH)–C–C–N with tert-alkyl or cyclic N) is 1. The van der Waals surface area contributed by atoms with Gasteiger partial charge in [0.05, 0.1) is 28.8 Å². The van der Waals surface area contributed by atoms with Gasteiger partial charge in [0.25, 0.3) is 0 Å². The van der Waals surface area contributed by atoms with Crippen LogP contribution in [0.1, 0.15) is 61.6 Å². The van der Waals surface area contributed by atoms with E-state index >= 15 is 0 Å². The number of nitrogens with two attached hydrogens (primary N) is 1. The molecule has 0 radical (unpaired) electrons. The second-order valence-corrected chi connectivity index (χ2v) is 13.8. The maximum atomic E-state index is 13.8. The van der Waals surface area contributed by atoms with Gasteiger partial charge in [-0.25, -0.2) is 4.98 Å². The molecule has 4 amide bonds. The number of amides is 4. The predicted octanol–water partition coefficient (Wildman–Crippen LogP) is 3.20. The Morgan fingerprint density at radius 2 is 1.75 bits per heavy atom. The van der Waals surface area contributed by atoms with E-state index in [2.05, 4.69) is 15.6 Å². The monoisotopic (exact) mass is 679 g/mol. The van der Waals surface area contributed by atoms with Gasteiger partial charge in [-0.2, -0.15) is 0 Å². The first-order chi connectivity index (χ1) is 22.8. The van der Waals surface area contributed by atoms with Crippen molar-refractivity contribution in [3.63, 3.8) is 0 Å². The van der Waals surface area contributed by atoms with Crippen LogP contribution in [0, 0.1) is 12.3 Å². The topological polar surface area (TPSA) is 173 Å². The van der Waals surface area contributed by atoms with Crippen LogP contribution < -0.4 is 21.1 Å². The molecule has 0 bridgehead atoms. The van der Waals surface area contributed by atoms with Gasteiger partial charge in [-0.15, -0.1) is 11.3 Å². The second-order valence-electron chi connectivity index (χ2n) is 12.9. The molecular weight excluding hydrogens is 634 g/mol. The summed E-state index contributed by atoms with van der Waals surface area (Å²) >= 11 is 1.57. The van der Waals surface area contributed by atoms with Gasteiger partial charge in [-0.1, -0.05) is 45.0 Å². The van der Waals surface area contributed by atoms with Crippen molar-refractivity contribution in [3.05, 3.63) is 70.9 Å². The number of thiazole rings is 1. The highest BCUT2D eigenvalue weighted by atomic mass is 32.1. The van der Waals surface area contributed by atoms with E-state index in [1.165, 1.54) is 4.90 Å². The summed E-state index contributed by atoms with van der Waals surface area (Å²) in [5.74, 6) is -1.13. The van der Waals surface area contributed by atoms with Crippen LogP contribution in [0.15, 0.2) is 54.0 Å². The van der Waals surface area contributed by atoms with Crippen LogP contribution in [-0.4, -0.2) is 83.2 Å². The Labute approximate surface area is 285 Å². The van der Waals surface area contributed by atoms with Gasteiger partial charge >= 0.3 is 0 Å². The molecule has 1 saturated heterocycles. The molecule has 1 aliphatic heterocycles. The minimum absolute atomic E-state index is 0.00384. The molecule has 0 unspecified atom stereocenters. The zero-order valence-corrected chi connectivity index (χ0v) is 28.7. The SMILES string of the molecule is Cc1ncsc1-c1ccc(CNC(=O)[C@@H]2C[C@@H](O)CN2C(=O)[C@@H](NC(=O)COCCCCOc2ccc(C(N)=O)cc2)C(C)(C)C)cc1. The summed E-state index contributed by atoms with van der Waals surface area (Å²) in [7, 11) is 0. The Hall–Kier alpha value is -4.33. The summed E-state index contributed by atoms with van der Waals surface area (Å²) in [4.78, 5) is 57.8. The lowest BCUT2D eigenvalue weighted by molar-refractivity contribution is -0.144. The number of aromatic nitrogens is 1. The number of aliphatic hydroxyl groups excluding tert-OH is 1. The number of likely N-dealkylation sites (tertiary alicyclic amines) is 1. The normalized spacial score (nSPS) is 16.7. The third-order valence-electron chi connectivity index (χ3n) is 8.04. The average Bonchev–Trinajstić information content (AvgIpc) is 3.66. The summed E-state index contributed by atoms with van der Waals surface area (Å²) in [6, 6.07) is 12.6. The summed E-state index contributed by atoms with van der Waals surface area (Å²) in [5.41, 5.74) is 9.70. The number of hydrogen-bond acceptors (Lipinski definition) is 9. The largest absolute Gasteiger partial charge is 0.494 e. The standard InChI is InChI=1S/C35H45N5O7S/c1-22-30(48-21-38-22)24-9-7-23(8-10-24)18-37-33(44)28-17-26(41)19-40(28)34(45)31(35(2,3)4)39-29(42)20-46-15-5-6-16-47-27-13-11-25(12-14-27)32(36)43/h7-14,21,26,28,31,41H,5-6,15-20H2,1-4H3,(H2,36,43)(H,37,44)(H,39,42)/t26-,28+,31-/m1/s1. The quantitative estimate of drug-likeness (QED) is 0.177. The van der Waals surface area contributed by atoms with Gasteiger partial charge in [0.2, 0.25) is 23.6 Å². The van der Waals surface area contributed by atoms with Crippen molar-refractivity contribution in [2.24, 2.45) is 11.1 Å². The highest BCUT2D eigenvalue weighted by molar-refractivity contribution is 7.13. The number of hydrogen-bond donors (Lipinski definition) is 4. The molecule has 12 nitrogen and oxygen atoms in total. The van der Waals surface area contributed by atoms with Crippen LogP contribution in [0.3, 0.4) is 0 Å². The summed E-state index contributed by atoms with van der Waals surface area (Å²) < 4.78 is 11.2. The molecule has 0 aliphatic carbocycles. The Balaban J connectivity index is 1.23. The van der Waals surface area contributed by atoms with Crippen LogP contribution in [0.5, 0.6) is 5.75 Å². The molecule has 1 aromatic heterocycles. The average molecular weight is 680 g/mol. The van der Waals surface area contributed by atoms with E-state index in [-0.39, 0.29) is 32.0 Å². The highest BCUT2D eigenvalue weighted by Crippen LogP contribution is 2.28. The number of aliphatic hydroxyl groups is 1. The fraction of sp³-hybridized carbons (Fsp3) is 0.457. The fourth-order valence-electron chi connectivity index (χ4n) is 5.36. The molecule has 5 N–H and O–H groups in total. The zero-order chi connectivity index (χ0) is 34.8. The Morgan fingerprint density at radius 1 is 1.06 bits per heavy atom. The molecule has 258 valence electrons. The number of ether oxygens (including phenoxy) is 2. The third kappa shape index (κ3) is 10.1. The number of nitrogens with one attached hydrogen (secondary N) is 2. The van der Waals surface area contributed by atoms with Gasteiger partial charge < -0.3 is 35.8 Å². The van der Waals surface area contributed by atoms with Gasteiger partial charge in [-0.05, 0) is 60.6 Å². The van der Waals surface area contributed by atoms with E-state index in [1.807, 2.05) is 57.5 Å². The number of aryl methyl sites for hydroxylation is 1. The second kappa shape index (κ2) is 16.7. The molecule has 1 aliphatic rings. The number of carbonyl (C=O) groups excluding carboxylic acids is 4. The Bertz CT molecular complexity index is 1550. The van der Waals surface area contributed by atoms with Crippen LogP contribution in [0.2, 0.25) is 0 Å². The van der Waals surface area contributed by atoms with Crippen molar-refractivity contribution < 1.29 is 33.8 Å². The number of unbranched alkanes of at least 4 members (excludes halogenated alkanes) is 1. The molecular formula is C35H45N5O7S. The molecule has 2 heterocycles. The smallest absolute Gasteiger partial charge is 0.248 e. The zero-order valence-electron chi connectivity index (χ0n) is 27.9. The number of carbonyl (C=O) groups is 4. The van der Waals surface area contributed by atoms with Crippen molar-refractivity contribution in [1.29, 1.82) is 0 Å². The summed E-state index contributed by atoms with van der Waals surface area (Å²) in [6.45, 7) is 8.24. The van der Waals surface area contributed by atoms with Gasteiger partial charge in [0.1, 0.15) is 24.4 Å². The highest BCUT2D eigenvalue weighted by Gasteiger charge is 2.44. The van der Waals surface area contributed by atoms with E-state index in [9.17, 15) is 24.3 Å². The van der Waals surface area contributed by atoms with Crippen LogP contribution >= 0.6 is 11.3 Å². The maximum absolute atomic E-state index is 13.8. The van der Waals surface area contributed by atoms with Crippen molar-refractivity contribution >= 4 is 35.0 Å². The minimum atomic E-state index is -0.939. The van der Waals surface area contributed by atoms with Gasteiger partial charge in [0.15, 0.2) is 0 Å². The number of nitrogens with zero attached hydrogens (tertiary/aromatic N) is 2. The third-order valence-corrected chi connectivity index (χ3v) is 9.01. The maximum Gasteiger partial charge on any atom is 0.248 e. The molecule has 1 fully saturated rings. The molecule has 4 rings (SSSR count). The van der Waals surface area contributed by atoms with E-state index in [4.69, 9.17) is 15.2 Å². The molecule has 0 saturated carbocycles.